The molecule has 0 amide bonds. The van der Waals surface area contributed by atoms with E-state index in [0.29, 0.717) is 26.7 Å². The Hall–Kier alpha value is -0.620. The predicted octanol–water partition coefficient (Wildman–Crippen LogP) is 2.49. The Kier molecular flexibility index (Phi) is 3.88. The minimum absolute atomic E-state index is 0.291. The lowest BCUT2D eigenvalue weighted by Gasteiger charge is -2.07. The van der Waals surface area contributed by atoms with Gasteiger partial charge in [0.1, 0.15) is 5.75 Å². The van der Waals surface area contributed by atoms with Crippen LogP contribution in [-0.2, 0) is 0 Å². The topological polar surface area (TPSA) is 43.4 Å². The molecule has 0 saturated heterocycles. The van der Waals surface area contributed by atoms with Crippen LogP contribution in [0.5, 0.6) is 5.75 Å². The first-order valence-electron chi connectivity index (χ1n) is 3.62. The molecule has 5 heteroatoms. The van der Waals surface area contributed by atoms with Crippen molar-refractivity contribution < 1.29 is 14.3 Å². The van der Waals surface area contributed by atoms with Crippen LogP contribution in [0.15, 0.2) is 12.1 Å². The van der Waals surface area contributed by atoms with Crippen molar-refractivity contribution in [1.29, 1.82) is 0 Å². The Morgan fingerprint density at radius 1 is 1.57 bits per heavy atom. The number of aldehydes is 1. The number of carbonyl (C=O) groups excluding carboxylic acids is 2. The van der Waals surface area contributed by atoms with Crippen molar-refractivity contribution in [2.75, 3.05) is 7.11 Å². The third kappa shape index (κ3) is 2.24. The number of rotatable bonds is 3. The lowest BCUT2D eigenvalue weighted by molar-refractivity contribution is 0.108. The Bertz CT molecular complexity index is 390. The molecule has 0 N–H and O–H groups in total. The molecule has 0 heterocycles. The average molecular weight is 325 g/mol. The molecular formula is C9H6ClIO3. The zero-order valence-corrected chi connectivity index (χ0v) is 10.1. The first kappa shape index (κ1) is 11.5. The van der Waals surface area contributed by atoms with E-state index in [1.54, 1.807) is 6.07 Å². The van der Waals surface area contributed by atoms with Gasteiger partial charge in [-0.05, 0) is 46.3 Å². The maximum absolute atomic E-state index is 10.9. The molecular weight excluding hydrogens is 318 g/mol. The number of halogens is 2. The van der Waals surface area contributed by atoms with Gasteiger partial charge in [-0.25, -0.2) is 0 Å². The van der Waals surface area contributed by atoms with Crippen LogP contribution in [0, 0.1) is 3.57 Å². The van der Waals surface area contributed by atoms with Crippen molar-refractivity contribution in [2.24, 2.45) is 0 Å². The molecule has 0 aliphatic carbocycles. The summed E-state index contributed by atoms with van der Waals surface area (Å²) in [4.78, 5) is 21.5. The van der Waals surface area contributed by atoms with Gasteiger partial charge < -0.3 is 4.74 Å². The highest BCUT2D eigenvalue weighted by Gasteiger charge is 2.12. The van der Waals surface area contributed by atoms with Crippen LogP contribution < -0.4 is 4.74 Å². The number of carbonyl (C=O) groups is 2. The molecule has 0 saturated carbocycles. The first-order chi connectivity index (χ1) is 6.60. The molecule has 0 bridgehead atoms. The Labute approximate surface area is 99.5 Å². The average Bonchev–Trinajstić information content (AvgIpc) is 2.16. The fraction of sp³-hybridized carbons (Fsp3) is 0.111. The maximum Gasteiger partial charge on any atom is 0.252 e. The summed E-state index contributed by atoms with van der Waals surface area (Å²) in [6.07, 6.45) is 0.629. The van der Waals surface area contributed by atoms with Gasteiger partial charge in [-0.15, -0.1) is 0 Å². The van der Waals surface area contributed by atoms with E-state index in [2.05, 4.69) is 0 Å². The van der Waals surface area contributed by atoms with Crippen LogP contribution in [-0.4, -0.2) is 18.6 Å². The molecule has 1 aromatic rings. The van der Waals surface area contributed by atoms with Gasteiger partial charge in [0.25, 0.3) is 5.24 Å². The summed E-state index contributed by atoms with van der Waals surface area (Å²) in [5, 5.41) is -0.589. The van der Waals surface area contributed by atoms with E-state index >= 15 is 0 Å². The van der Waals surface area contributed by atoms with E-state index in [0.717, 1.165) is 0 Å². The summed E-state index contributed by atoms with van der Waals surface area (Å²) in [6.45, 7) is 0. The molecule has 74 valence electrons. The Morgan fingerprint density at radius 3 is 2.64 bits per heavy atom. The summed E-state index contributed by atoms with van der Waals surface area (Å²) < 4.78 is 5.69. The molecule has 0 aromatic heterocycles. The number of hydrogen-bond acceptors (Lipinski definition) is 3. The minimum atomic E-state index is -0.589. The van der Waals surface area contributed by atoms with Crippen LogP contribution in [0.4, 0.5) is 0 Å². The summed E-state index contributed by atoms with van der Waals surface area (Å²) >= 11 is 7.27. The van der Waals surface area contributed by atoms with Crippen molar-refractivity contribution in [1.82, 2.24) is 0 Å². The van der Waals surface area contributed by atoms with Gasteiger partial charge >= 0.3 is 0 Å². The van der Waals surface area contributed by atoms with E-state index in [1.807, 2.05) is 22.6 Å². The molecule has 3 nitrogen and oxygen atoms in total. The molecule has 0 radical (unpaired) electrons. The van der Waals surface area contributed by atoms with Gasteiger partial charge in [-0.3, -0.25) is 9.59 Å². The van der Waals surface area contributed by atoms with Crippen LogP contribution >= 0.6 is 34.2 Å². The predicted molar refractivity (Wildman–Crippen MR) is 61.3 cm³/mol. The van der Waals surface area contributed by atoms with Crippen LogP contribution in [0.1, 0.15) is 20.7 Å². The van der Waals surface area contributed by atoms with E-state index in [4.69, 9.17) is 16.3 Å². The normalized spacial score (nSPS) is 9.64. The van der Waals surface area contributed by atoms with Crippen molar-refractivity contribution in [3.8, 4) is 5.75 Å². The lowest BCUT2D eigenvalue weighted by atomic mass is 10.1. The third-order valence-electron chi connectivity index (χ3n) is 1.63. The highest BCUT2D eigenvalue weighted by atomic mass is 127. The maximum atomic E-state index is 10.9. The molecule has 0 atom stereocenters. The highest BCUT2D eigenvalue weighted by Crippen LogP contribution is 2.26. The van der Waals surface area contributed by atoms with Crippen molar-refractivity contribution in [3.05, 3.63) is 26.8 Å². The Morgan fingerprint density at radius 2 is 2.21 bits per heavy atom. The SMILES string of the molecule is COc1c(I)cc(C(=O)Cl)cc1C=O. The van der Waals surface area contributed by atoms with Gasteiger partial charge in [-0.1, -0.05) is 0 Å². The minimum Gasteiger partial charge on any atom is -0.495 e. The lowest BCUT2D eigenvalue weighted by Crippen LogP contribution is -1.98. The number of benzene rings is 1. The summed E-state index contributed by atoms with van der Waals surface area (Å²) in [6, 6.07) is 2.98. The zero-order valence-electron chi connectivity index (χ0n) is 7.21. The van der Waals surface area contributed by atoms with E-state index in [9.17, 15) is 9.59 Å². The second kappa shape index (κ2) is 4.75. The van der Waals surface area contributed by atoms with Gasteiger partial charge in [-0.2, -0.15) is 0 Å². The molecule has 14 heavy (non-hydrogen) atoms. The number of methoxy groups -OCH3 is 1. The van der Waals surface area contributed by atoms with Gasteiger partial charge in [0.05, 0.1) is 16.2 Å². The standard InChI is InChI=1S/C9H6ClIO3/c1-14-8-6(4-12)2-5(9(10)13)3-7(8)11/h2-4H,1H3. The highest BCUT2D eigenvalue weighted by molar-refractivity contribution is 14.1. The molecule has 1 rings (SSSR count). The summed E-state index contributed by atoms with van der Waals surface area (Å²) in [5.41, 5.74) is 0.613. The molecule has 0 spiro atoms. The molecule has 1 aromatic carbocycles. The van der Waals surface area contributed by atoms with Gasteiger partial charge in [0.15, 0.2) is 6.29 Å². The zero-order chi connectivity index (χ0) is 10.7. The van der Waals surface area contributed by atoms with Crippen LogP contribution in [0.25, 0.3) is 0 Å². The fourth-order valence-corrected chi connectivity index (χ4v) is 2.01. The monoisotopic (exact) mass is 324 g/mol. The smallest absolute Gasteiger partial charge is 0.252 e. The molecule has 0 fully saturated rings. The largest absolute Gasteiger partial charge is 0.495 e. The van der Waals surface area contributed by atoms with Gasteiger partial charge in [0.2, 0.25) is 0 Å². The quantitative estimate of drug-likeness (QED) is 0.487. The third-order valence-corrected chi connectivity index (χ3v) is 2.65. The van der Waals surface area contributed by atoms with Gasteiger partial charge in [0, 0.05) is 5.56 Å². The van der Waals surface area contributed by atoms with Crippen LogP contribution in [0.2, 0.25) is 0 Å². The van der Waals surface area contributed by atoms with E-state index < -0.39 is 5.24 Å². The van der Waals surface area contributed by atoms with Crippen molar-refractivity contribution in [2.45, 2.75) is 0 Å². The second-order valence-corrected chi connectivity index (χ2v) is 3.98. The van der Waals surface area contributed by atoms with Crippen molar-refractivity contribution >= 4 is 45.7 Å². The molecule has 0 unspecified atom stereocenters. The van der Waals surface area contributed by atoms with E-state index in [1.165, 1.54) is 13.2 Å². The fourth-order valence-electron chi connectivity index (χ4n) is 1.03. The van der Waals surface area contributed by atoms with E-state index in [-0.39, 0.29) is 0 Å². The number of ether oxygens (including phenoxy) is 1. The second-order valence-electron chi connectivity index (χ2n) is 2.47. The molecule has 0 aliphatic heterocycles. The Balaban J connectivity index is 3.38. The molecule has 0 aliphatic rings. The summed E-state index contributed by atoms with van der Waals surface area (Å²) in [5.74, 6) is 0.460. The number of hydrogen-bond donors (Lipinski definition) is 0. The van der Waals surface area contributed by atoms with Crippen molar-refractivity contribution in [3.63, 3.8) is 0 Å². The first-order valence-corrected chi connectivity index (χ1v) is 5.08. The summed E-state index contributed by atoms with van der Waals surface area (Å²) in [7, 11) is 1.46. The van der Waals surface area contributed by atoms with Crippen LogP contribution in [0.3, 0.4) is 0 Å².